The van der Waals surface area contributed by atoms with Gasteiger partial charge >= 0.3 is 5.97 Å². The highest BCUT2D eigenvalue weighted by Crippen LogP contribution is 2.35. The maximum atomic E-state index is 11.1. The van der Waals surface area contributed by atoms with Gasteiger partial charge in [-0.05, 0) is 25.3 Å². The molecule has 108 valence electrons. The molecule has 0 bridgehead atoms. The van der Waals surface area contributed by atoms with Crippen molar-refractivity contribution in [2.24, 2.45) is 0 Å². The van der Waals surface area contributed by atoms with Gasteiger partial charge in [-0.2, -0.15) is 0 Å². The molecule has 0 heterocycles. The number of nitrogens with zero attached hydrogens (tertiary/aromatic N) is 1. The summed E-state index contributed by atoms with van der Waals surface area (Å²) in [5, 5.41) is 22.8. The number of rotatable bonds is 6. The zero-order chi connectivity index (χ0) is 14.8. The first kappa shape index (κ1) is 14.3. The molecule has 0 atom stereocenters. The molecule has 2 N–H and O–H groups in total. The molecule has 0 unspecified atom stereocenters. The number of nitro benzene ring substituents is 1. The van der Waals surface area contributed by atoms with E-state index in [-0.39, 0.29) is 22.5 Å². The normalized spacial score (nSPS) is 16.2. The number of methoxy groups -OCH3 is 1. The zero-order valence-corrected chi connectivity index (χ0v) is 11.1. The van der Waals surface area contributed by atoms with Gasteiger partial charge in [0, 0.05) is 25.8 Å². The molecular formula is C13H16N2O5. The van der Waals surface area contributed by atoms with Gasteiger partial charge in [0.05, 0.1) is 21.8 Å². The Hall–Kier alpha value is -2.15. The molecule has 0 aliphatic heterocycles. The lowest BCUT2D eigenvalue weighted by atomic mass is 9.80. The van der Waals surface area contributed by atoms with Crippen LogP contribution in [0.4, 0.5) is 11.4 Å². The van der Waals surface area contributed by atoms with Gasteiger partial charge in [-0.3, -0.25) is 10.1 Å². The van der Waals surface area contributed by atoms with Crippen LogP contribution in [0.15, 0.2) is 18.2 Å². The van der Waals surface area contributed by atoms with Crippen LogP contribution in [-0.4, -0.2) is 35.3 Å². The lowest BCUT2D eigenvalue weighted by Crippen LogP contribution is -2.45. The molecule has 1 aliphatic rings. The molecule has 0 aromatic heterocycles. The van der Waals surface area contributed by atoms with Crippen LogP contribution in [0.5, 0.6) is 0 Å². The second kappa shape index (κ2) is 5.46. The van der Waals surface area contributed by atoms with Gasteiger partial charge in [0.15, 0.2) is 0 Å². The number of carboxylic acids is 1. The van der Waals surface area contributed by atoms with Crippen molar-refractivity contribution in [2.75, 3.05) is 19.0 Å². The Morgan fingerprint density at radius 1 is 1.55 bits per heavy atom. The number of hydrogen-bond acceptors (Lipinski definition) is 5. The minimum Gasteiger partial charge on any atom is -0.478 e. The number of anilines is 1. The highest BCUT2D eigenvalue weighted by molar-refractivity contribution is 5.94. The van der Waals surface area contributed by atoms with E-state index in [0.29, 0.717) is 6.54 Å². The largest absolute Gasteiger partial charge is 0.478 e. The number of benzene rings is 1. The molecule has 0 amide bonds. The summed E-state index contributed by atoms with van der Waals surface area (Å²) in [6, 6.07) is 3.67. The molecule has 1 aromatic carbocycles. The molecule has 20 heavy (non-hydrogen) atoms. The molecule has 1 aliphatic carbocycles. The molecule has 1 fully saturated rings. The topological polar surface area (TPSA) is 102 Å². The summed E-state index contributed by atoms with van der Waals surface area (Å²) in [6.07, 6.45) is 2.86. The van der Waals surface area contributed by atoms with Gasteiger partial charge in [-0.25, -0.2) is 4.79 Å². The third-order valence-electron chi connectivity index (χ3n) is 3.74. The van der Waals surface area contributed by atoms with Crippen molar-refractivity contribution in [3.05, 3.63) is 33.9 Å². The second-order valence-corrected chi connectivity index (χ2v) is 4.89. The van der Waals surface area contributed by atoms with E-state index in [1.54, 1.807) is 7.11 Å². The van der Waals surface area contributed by atoms with Gasteiger partial charge in [0.2, 0.25) is 0 Å². The third-order valence-corrected chi connectivity index (χ3v) is 3.74. The van der Waals surface area contributed by atoms with Gasteiger partial charge in [-0.1, -0.05) is 0 Å². The summed E-state index contributed by atoms with van der Waals surface area (Å²) in [5.74, 6) is -1.12. The Morgan fingerprint density at radius 3 is 2.70 bits per heavy atom. The predicted molar refractivity (Wildman–Crippen MR) is 72.1 cm³/mol. The quantitative estimate of drug-likeness (QED) is 0.612. The van der Waals surface area contributed by atoms with Crippen molar-refractivity contribution in [2.45, 2.75) is 24.9 Å². The third kappa shape index (κ3) is 2.72. The lowest BCUT2D eigenvalue weighted by Gasteiger charge is -2.40. The van der Waals surface area contributed by atoms with Crippen LogP contribution in [0.25, 0.3) is 0 Å². The number of nitro groups is 1. The summed E-state index contributed by atoms with van der Waals surface area (Å²) in [6.45, 7) is 0.435. The van der Waals surface area contributed by atoms with Crippen LogP contribution >= 0.6 is 0 Å². The summed E-state index contributed by atoms with van der Waals surface area (Å²) in [4.78, 5) is 21.4. The van der Waals surface area contributed by atoms with E-state index in [2.05, 4.69) is 5.32 Å². The molecule has 1 aromatic rings. The van der Waals surface area contributed by atoms with E-state index in [0.717, 1.165) is 19.3 Å². The van der Waals surface area contributed by atoms with Crippen LogP contribution in [0, 0.1) is 10.1 Å². The van der Waals surface area contributed by atoms with Crippen LogP contribution in [-0.2, 0) is 4.74 Å². The second-order valence-electron chi connectivity index (χ2n) is 4.89. The first-order chi connectivity index (χ1) is 9.47. The molecule has 7 heteroatoms. The zero-order valence-electron chi connectivity index (χ0n) is 11.1. The van der Waals surface area contributed by atoms with E-state index in [1.165, 1.54) is 18.2 Å². The fourth-order valence-corrected chi connectivity index (χ4v) is 2.26. The fourth-order valence-electron chi connectivity index (χ4n) is 2.26. The molecule has 0 radical (unpaired) electrons. The minimum absolute atomic E-state index is 0.0150. The van der Waals surface area contributed by atoms with E-state index in [1.807, 2.05) is 0 Å². The molecule has 0 spiro atoms. The van der Waals surface area contributed by atoms with Crippen molar-refractivity contribution >= 4 is 17.3 Å². The monoisotopic (exact) mass is 280 g/mol. The molecule has 7 nitrogen and oxygen atoms in total. The summed E-state index contributed by atoms with van der Waals surface area (Å²) in [7, 11) is 1.62. The highest BCUT2D eigenvalue weighted by Gasteiger charge is 2.37. The van der Waals surface area contributed by atoms with Gasteiger partial charge < -0.3 is 15.2 Å². The Bertz CT molecular complexity index is 534. The Kier molecular flexibility index (Phi) is 3.89. The van der Waals surface area contributed by atoms with E-state index in [4.69, 9.17) is 9.84 Å². The standard InChI is InChI=1S/C13H16N2O5/c1-20-13(5-2-6-13)8-14-11-7-9(15(18)19)3-4-10(11)12(16)17/h3-4,7,14H,2,5-6,8H2,1H3,(H,16,17). The van der Waals surface area contributed by atoms with Crippen LogP contribution in [0.1, 0.15) is 29.6 Å². The Morgan fingerprint density at radius 2 is 2.25 bits per heavy atom. The Labute approximate surface area is 115 Å². The summed E-state index contributed by atoms with van der Waals surface area (Å²) in [5.41, 5.74) is -0.172. The van der Waals surface area contributed by atoms with Crippen molar-refractivity contribution in [1.82, 2.24) is 0 Å². The van der Waals surface area contributed by atoms with E-state index < -0.39 is 10.9 Å². The SMILES string of the molecule is COC1(CNc2cc([N+](=O)[O-])ccc2C(=O)O)CCC1. The minimum atomic E-state index is -1.12. The highest BCUT2D eigenvalue weighted by atomic mass is 16.6. The first-order valence-corrected chi connectivity index (χ1v) is 6.28. The van der Waals surface area contributed by atoms with Crippen LogP contribution in [0.3, 0.4) is 0 Å². The van der Waals surface area contributed by atoms with Gasteiger partial charge in [-0.15, -0.1) is 0 Å². The van der Waals surface area contributed by atoms with Crippen molar-refractivity contribution in [3.63, 3.8) is 0 Å². The number of hydrogen-bond donors (Lipinski definition) is 2. The smallest absolute Gasteiger partial charge is 0.337 e. The average molecular weight is 280 g/mol. The molecule has 1 saturated carbocycles. The number of aromatic carboxylic acids is 1. The molecular weight excluding hydrogens is 264 g/mol. The first-order valence-electron chi connectivity index (χ1n) is 6.28. The van der Waals surface area contributed by atoms with E-state index in [9.17, 15) is 14.9 Å². The van der Waals surface area contributed by atoms with Crippen molar-refractivity contribution in [1.29, 1.82) is 0 Å². The maximum absolute atomic E-state index is 11.1. The van der Waals surface area contributed by atoms with Gasteiger partial charge in [0.25, 0.3) is 5.69 Å². The molecule has 2 rings (SSSR count). The molecule has 0 saturated heterocycles. The number of ether oxygens (including phenoxy) is 1. The number of nitrogens with one attached hydrogen (secondary N) is 1. The summed E-state index contributed by atoms with van der Waals surface area (Å²) >= 11 is 0. The number of carbonyl (C=O) groups is 1. The van der Waals surface area contributed by atoms with Gasteiger partial charge in [0.1, 0.15) is 0 Å². The lowest BCUT2D eigenvalue weighted by molar-refractivity contribution is -0.384. The van der Waals surface area contributed by atoms with E-state index >= 15 is 0 Å². The summed E-state index contributed by atoms with van der Waals surface area (Å²) < 4.78 is 5.43. The number of carboxylic acid groups (broad SMARTS) is 1. The van der Waals surface area contributed by atoms with Crippen molar-refractivity contribution in [3.8, 4) is 0 Å². The maximum Gasteiger partial charge on any atom is 0.337 e. The predicted octanol–water partition coefficient (Wildman–Crippen LogP) is 2.27. The van der Waals surface area contributed by atoms with Crippen molar-refractivity contribution < 1.29 is 19.6 Å². The van der Waals surface area contributed by atoms with Crippen LogP contribution in [0.2, 0.25) is 0 Å². The fraction of sp³-hybridized carbons (Fsp3) is 0.462. The number of non-ortho nitro benzene ring substituents is 1. The Balaban J connectivity index is 2.21. The van der Waals surface area contributed by atoms with Crippen LogP contribution < -0.4 is 5.32 Å². The average Bonchev–Trinajstić information content (AvgIpc) is 2.37.